The fraction of sp³-hybridized carbons (Fsp3) is 0.143. The van der Waals surface area contributed by atoms with E-state index in [-0.39, 0.29) is 5.76 Å². The molecule has 1 atom stereocenters. The number of benzene rings is 1. The number of methoxy groups -OCH3 is 1. The molecule has 2 aromatic rings. The summed E-state index contributed by atoms with van der Waals surface area (Å²) in [5.74, 6) is -3.35. The Bertz CT molecular complexity index is 1020. The molecule has 0 saturated heterocycles. The lowest BCUT2D eigenvalue weighted by molar-refractivity contribution is -0.151. The first-order valence-corrected chi connectivity index (χ1v) is 8.34. The number of hydrogen-bond donors (Lipinski definition) is 0. The summed E-state index contributed by atoms with van der Waals surface area (Å²) in [6, 6.07) is 10.00. The van der Waals surface area contributed by atoms with Crippen molar-refractivity contribution in [3.8, 4) is 11.3 Å². The Labute approximate surface area is 160 Å². The lowest BCUT2D eigenvalue weighted by atomic mass is 9.96. The first-order chi connectivity index (χ1) is 13.4. The SMILES string of the molecule is COC(=O)c1ccccc1-c1ccc(/C=C/C(=O)C2C(=O)C=C(C)OC2=O)o1. The Morgan fingerprint density at radius 2 is 1.86 bits per heavy atom. The van der Waals surface area contributed by atoms with Crippen LogP contribution in [0.4, 0.5) is 0 Å². The van der Waals surface area contributed by atoms with Gasteiger partial charge >= 0.3 is 11.9 Å². The molecule has 7 nitrogen and oxygen atoms in total. The third-order valence-electron chi connectivity index (χ3n) is 4.05. The van der Waals surface area contributed by atoms with Gasteiger partial charge in [-0.3, -0.25) is 14.4 Å². The number of rotatable bonds is 5. The maximum Gasteiger partial charge on any atom is 0.338 e. The molecule has 0 N–H and O–H groups in total. The zero-order valence-electron chi connectivity index (χ0n) is 15.1. The van der Waals surface area contributed by atoms with Gasteiger partial charge in [0.05, 0.1) is 12.7 Å². The number of furan rings is 1. The lowest BCUT2D eigenvalue weighted by Crippen LogP contribution is -2.34. The number of cyclic esters (lactones) is 1. The molecule has 0 fully saturated rings. The highest BCUT2D eigenvalue weighted by atomic mass is 16.5. The Balaban J connectivity index is 1.81. The Hall–Kier alpha value is -3.74. The maximum absolute atomic E-state index is 12.2. The smallest absolute Gasteiger partial charge is 0.338 e. The molecular weight excluding hydrogens is 364 g/mol. The van der Waals surface area contributed by atoms with Gasteiger partial charge in [0.25, 0.3) is 0 Å². The van der Waals surface area contributed by atoms with E-state index in [1.807, 2.05) is 0 Å². The number of carbonyl (C=O) groups is 4. The molecule has 0 saturated carbocycles. The molecule has 1 unspecified atom stereocenters. The summed E-state index contributed by atoms with van der Waals surface area (Å²) in [6.07, 6.45) is 3.55. The fourth-order valence-corrected chi connectivity index (χ4v) is 2.74. The third kappa shape index (κ3) is 3.83. The summed E-state index contributed by atoms with van der Waals surface area (Å²) in [4.78, 5) is 47.8. The van der Waals surface area contributed by atoms with Gasteiger partial charge in [0.2, 0.25) is 0 Å². The Morgan fingerprint density at radius 1 is 1.11 bits per heavy atom. The van der Waals surface area contributed by atoms with Gasteiger partial charge in [0.15, 0.2) is 17.5 Å². The summed E-state index contributed by atoms with van der Waals surface area (Å²) in [6.45, 7) is 1.46. The van der Waals surface area contributed by atoms with Gasteiger partial charge in [-0.15, -0.1) is 0 Å². The minimum atomic E-state index is -1.51. The number of hydrogen-bond acceptors (Lipinski definition) is 7. The molecule has 0 spiro atoms. The lowest BCUT2D eigenvalue weighted by Gasteiger charge is -2.15. The number of ether oxygens (including phenoxy) is 2. The van der Waals surface area contributed by atoms with Crippen molar-refractivity contribution < 1.29 is 33.1 Å². The van der Waals surface area contributed by atoms with Crippen LogP contribution in [0.1, 0.15) is 23.0 Å². The Kier molecular flexibility index (Phi) is 5.35. The average molecular weight is 380 g/mol. The number of carbonyl (C=O) groups excluding carboxylic acids is 4. The molecule has 2 heterocycles. The fourth-order valence-electron chi connectivity index (χ4n) is 2.74. The van der Waals surface area contributed by atoms with Crippen LogP contribution >= 0.6 is 0 Å². The highest BCUT2D eigenvalue weighted by molar-refractivity contribution is 6.25. The van der Waals surface area contributed by atoms with Gasteiger partial charge in [0, 0.05) is 11.6 Å². The molecular formula is C21H16O7. The second-order valence-electron chi connectivity index (χ2n) is 5.99. The molecule has 7 heteroatoms. The van der Waals surface area contributed by atoms with Crippen molar-refractivity contribution in [1.29, 1.82) is 0 Å². The Morgan fingerprint density at radius 3 is 2.57 bits per heavy atom. The largest absolute Gasteiger partial charge is 0.465 e. The number of esters is 2. The number of ketones is 2. The monoisotopic (exact) mass is 380 g/mol. The summed E-state index contributed by atoms with van der Waals surface area (Å²) in [5.41, 5.74) is 0.871. The van der Waals surface area contributed by atoms with Crippen LogP contribution in [-0.2, 0) is 23.9 Å². The molecule has 0 amide bonds. The van der Waals surface area contributed by atoms with E-state index in [0.29, 0.717) is 22.6 Å². The molecule has 0 radical (unpaired) electrons. The van der Waals surface area contributed by atoms with Crippen molar-refractivity contribution in [2.75, 3.05) is 7.11 Å². The summed E-state index contributed by atoms with van der Waals surface area (Å²) in [7, 11) is 1.29. The summed E-state index contributed by atoms with van der Waals surface area (Å²) in [5, 5.41) is 0. The molecule has 0 aliphatic carbocycles. The van der Waals surface area contributed by atoms with Crippen molar-refractivity contribution in [2.24, 2.45) is 5.92 Å². The molecule has 0 bridgehead atoms. The van der Waals surface area contributed by atoms with E-state index in [4.69, 9.17) is 13.9 Å². The first kappa shape index (κ1) is 19.0. The van der Waals surface area contributed by atoms with Gasteiger partial charge in [-0.05, 0) is 37.3 Å². The van der Waals surface area contributed by atoms with Gasteiger partial charge in [0.1, 0.15) is 17.3 Å². The van der Waals surface area contributed by atoms with Crippen molar-refractivity contribution in [3.63, 3.8) is 0 Å². The molecule has 3 rings (SSSR count). The molecule has 1 aromatic heterocycles. The molecule has 142 valence electrons. The van der Waals surface area contributed by atoms with E-state index in [1.54, 1.807) is 36.4 Å². The van der Waals surface area contributed by atoms with Gasteiger partial charge in [-0.25, -0.2) is 4.79 Å². The van der Waals surface area contributed by atoms with Crippen LogP contribution < -0.4 is 0 Å². The predicted octanol–water partition coefficient (Wildman–Crippen LogP) is 2.96. The zero-order valence-corrected chi connectivity index (χ0v) is 15.1. The van der Waals surface area contributed by atoms with E-state index in [2.05, 4.69) is 0 Å². The quantitative estimate of drug-likeness (QED) is 0.447. The van der Waals surface area contributed by atoms with Crippen molar-refractivity contribution in [3.05, 3.63) is 65.6 Å². The van der Waals surface area contributed by atoms with Crippen LogP contribution in [0.15, 0.2) is 58.7 Å². The van der Waals surface area contributed by atoms with Crippen LogP contribution in [-0.4, -0.2) is 30.6 Å². The first-order valence-electron chi connectivity index (χ1n) is 8.34. The second-order valence-corrected chi connectivity index (χ2v) is 5.99. The van der Waals surface area contributed by atoms with Crippen LogP contribution in [0.2, 0.25) is 0 Å². The van der Waals surface area contributed by atoms with Gasteiger partial charge in [-0.1, -0.05) is 18.2 Å². The van der Waals surface area contributed by atoms with Gasteiger partial charge < -0.3 is 13.9 Å². The van der Waals surface area contributed by atoms with Gasteiger partial charge in [-0.2, -0.15) is 0 Å². The minimum absolute atomic E-state index is 0.156. The normalized spacial score (nSPS) is 16.6. The van der Waals surface area contributed by atoms with E-state index in [1.165, 1.54) is 20.1 Å². The van der Waals surface area contributed by atoms with E-state index in [9.17, 15) is 19.2 Å². The maximum atomic E-state index is 12.2. The van der Waals surface area contributed by atoms with E-state index >= 15 is 0 Å². The zero-order chi connectivity index (χ0) is 20.3. The van der Waals surface area contributed by atoms with Crippen molar-refractivity contribution >= 4 is 29.6 Å². The van der Waals surface area contributed by atoms with E-state index in [0.717, 1.165) is 12.2 Å². The standard InChI is InChI=1S/C21H16O7/c1-12-11-17(23)19(21(25)27-12)16(22)9-7-13-8-10-18(28-13)14-5-3-4-6-15(14)20(24)26-2/h3-11,19H,1-2H3/b9-7+. The van der Waals surface area contributed by atoms with Crippen LogP contribution in [0.25, 0.3) is 17.4 Å². The van der Waals surface area contributed by atoms with Crippen molar-refractivity contribution in [1.82, 2.24) is 0 Å². The predicted molar refractivity (Wildman–Crippen MR) is 97.9 cm³/mol. The van der Waals surface area contributed by atoms with Crippen molar-refractivity contribution in [2.45, 2.75) is 6.92 Å². The third-order valence-corrected chi connectivity index (χ3v) is 4.05. The molecule has 1 aliphatic rings. The topological polar surface area (TPSA) is 99.9 Å². The summed E-state index contributed by atoms with van der Waals surface area (Å²) >= 11 is 0. The summed E-state index contributed by atoms with van der Waals surface area (Å²) < 4.78 is 15.2. The average Bonchev–Trinajstić information content (AvgIpc) is 3.14. The van der Waals surface area contributed by atoms with Crippen LogP contribution in [0.5, 0.6) is 0 Å². The molecule has 28 heavy (non-hydrogen) atoms. The highest BCUT2D eigenvalue weighted by Gasteiger charge is 2.36. The van der Waals surface area contributed by atoms with Crippen LogP contribution in [0, 0.1) is 5.92 Å². The minimum Gasteiger partial charge on any atom is -0.465 e. The highest BCUT2D eigenvalue weighted by Crippen LogP contribution is 2.27. The second kappa shape index (κ2) is 7.87. The molecule has 1 aliphatic heterocycles. The van der Waals surface area contributed by atoms with Crippen LogP contribution in [0.3, 0.4) is 0 Å². The molecule has 1 aromatic carbocycles. The number of allylic oxidation sites excluding steroid dienone is 3. The van der Waals surface area contributed by atoms with E-state index < -0.39 is 29.4 Å².